The minimum atomic E-state index is 0.234. The maximum Gasteiger partial charge on any atom is 0.122 e. The predicted octanol–water partition coefficient (Wildman–Crippen LogP) is 3.86. The van der Waals surface area contributed by atoms with Crippen LogP contribution in [-0.4, -0.2) is 6.61 Å². The normalized spacial score (nSPS) is 13.9. The summed E-state index contributed by atoms with van der Waals surface area (Å²) in [6.07, 6.45) is 1.46. The van der Waals surface area contributed by atoms with Gasteiger partial charge in [0, 0.05) is 18.2 Å². The third-order valence-corrected chi connectivity index (χ3v) is 3.83. The maximum atomic E-state index is 8.68. The van der Waals surface area contributed by atoms with E-state index in [4.69, 9.17) is 10.00 Å². The summed E-state index contributed by atoms with van der Waals surface area (Å²) in [5.41, 5.74) is 4.68. The van der Waals surface area contributed by atoms with Crippen molar-refractivity contribution < 1.29 is 4.74 Å². The topological polar surface area (TPSA) is 45.0 Å². The second-order valence-electron chi connectivity index (χ2n) is 5.36. The molecule has 1 aliphatic heterocycles. The smallest absolute Gasteiger partial charge is 0.122 e. The van der Waals surface area contributed by atoms with Crippen molar-refractivity contribution >= 4 is 5.69 Å². The molecule has 0 aliphatic carbocycles. The Balaban J connectivity index is 1.71. The van der Waals surface area contributed by atoms with E-state index in [1.807, 2.05) is 24.3 Å². The van der Waals surface area contributed by atoms with Gasteiger partial charge in [0.25, 0.3) is 0 Å². The van der Waals surface area contributed by atoms with Crippen molar-refractivity contribution in [3.8, 4) is 11.8 Å². The molecule has 2 aromatic rings. The largest absolute Gasteiger partial charge is 0.493 e. The molecule has 106 valence electrons. The van der Waals surface area contributed by atoms with Crippen LogP contribution in [0.3, 0.4) is 0 Å². The van der Waals surface area contributed by atoms with Gasteiger partial charge in [-0.15, -0.1) is 0 Å². The summed E-state index contributed by atoms with van der Waals surface area (Å²) in [6, 6.07) is 16.8. The minimum Gasteiger partial charge on any atom is -0.493 e. The van der Waals surface area contributed by atoms with E-state index >= 15 is 0 Å². The van der Waals surface area contributed by atoms with E-state index < -0.39 is 0 Å². The molecule has 0 radical (unpaired) electrons. The molecule has 3 heteroatoms. The van der Waals surface area contributed by atoms with E-state index in [1.54, 1.807) is 0 Å². The van der Waals surface area contributed by atoms with Gasteiger partial charge in [-0.3, -0.25) is 0 Å². The number of fused-ring (bicyclic) bond motifs is 1. The zero-order valence-electron chi connectivity index (χ0n) is 12.1. The molecule has 0 amide bonds. The van der Waals surface area contributed by atoms with Crippen LogP contribution in [0.4, 0.5) is 5.69 Å². The first kappa shape index (κ1) is 13.5. The van der Waals surface area contributed by atoms with Gasteiger partial charge in [-0.2, -0.15) is 5.26 Å². The number of hydrogen-bond donors (Lipinski definition) is 1. The Morgan fingerprint density at radius 2 is 2.05 bits per heavy atom. The SMILES string of the molecule is CC(Nc1ccc(CC#N)cc1)c1ccc2c(c1)CCO2. The second-order valence-corrected chi connectivity index (χ2v) is 5.36. The highest BCUT2D eigenvalue weighted by Crippen LogP contribution is 2.29. The quantitative estimate of drug-likeness (QED) is 0.923. The van der Waals surface area contributed by atoms with Crippen molar-refractivity contribution in [3.05, 3.63) is 59.2 Å². The summed E-state index contributed by atoms with van der Waals surface area (Å²) in [6.45, 7) is 2.95. The molecule has 1 aliphatic rings. The third-order valence-electron chi connectivity index (χ3n) is 3.83. The molecule has 0 bridgehead atoms. The first-order valence-corrected chi connectivity index (χ1v) is 7.24. The summed E-state index contributed by atoms with van der Waals surface area (Å²) in [5.74, 6) is 1.02. The fourth-order valence-electron chi connectivity index (χ4n) is 2.62. The Morgan fingerprint density at radius 1 is 1.24 bits per heavy atom. The molecule has 0 spiro atoms. The van der Waals surface area contributed by atoms with Crippen LogP contribution in [0.15, 0.2) is 42.5 Å². The van der Waals surface area contributed by atoms with Crippen molar-refractivity contribution in [2.75, 3.05) is 11.9 Å². The van der Waals surface area contributed by atoms with E-state index in [9.17, 15) is 0 Å². The first-order valence-electron chi connectivity index (χ1n) is 7.24. The number of nitrogens with zero attached hydrogens (tertiary/aromatic N) is 1. The Labute approximate surface area is 125 Å². The van der Waals surface area contributed by atoms with Gasteiger partial charge in [0.2, 0.25) is 0 Å². The van der Waals surface area contributed by atoms with Crippen molar-refractivity contribution in [1.82, 2.24) is 0 Å². The Hall–Kier alpha value is -2.47. The van der Waals surface area contributed by atoms with E-state index in [0.29, 0.717) is 6.42 Å². The van der Waals surface area contributed by atoms with Gasteiger partial charge in [0.05, 0.1) is 19.1 Å². The van der Waals surface area contributed by atoms with Crippen LogP contribution in [0.2, 0.25) is 0 Å². The zero-order valence-corrected chi connectivity index (χ0v) is 12.1. The number of anilines is 1. The summed E-state index contributed by atoms with van der Waals surface area (Å²) in [7, 11) is 0. The van der Waals surface area contributed by atoms with Gasteiger partial charge in [-0.05, 0) is 47.9 Å². The highest BCUT2D eigenvalue weighted by atomic mass is 16.5. The molecule has 21 heavy (non-hydrogen) atoms. The van der Waals surface area contributed by atoms with Crippen molar-refractivity contribution in [1.29, 1.82) is 5.26 Å². The minimum absolute atomic E-state index is 0.234. The highest BCUT2D eigenvalue weighted by Gasteiger charge is 2.14. The second kappa shape index (κ2) is 5.88. The van der Waals surface area contributed by atoms with Crippen LogP contribution in [-0.2, 0) is 12.8 Å². The summed E-state index contributed by atoms with van der Waals surface area (Å²) in [4.78, 5) is 0. The number of nitrogens with one attached hydrogen (secondary N) is 1. The van der Waals surface area contributed by atoms with E-state index in [-0.39, 0.29) is 6.04 Å². The van der Waals surface area contributed by atoms with Crippen LogP contribution in [0.1, 0.15) is 29.7 Å². The molecule has 1 unspecified atom stereocenters. The molecule has 1 heterocycles. The number of benzene rings is 2. The summed E-state index contributed by atoms with van der Waals surface area (Å²) >= 11 is 0. The summed E-state index contributed by atoms with van der Waals surface area (Å²) in [5, 5.41) is 12.2. The van der Waals surface area contributed by atoms with Crippen molar-refractivity contribution in [2.24, 2.45) is 0 Å². The first-order chi connectivity index (χ1) is 10.3. The Bertz CT molecular complexity index is 671. The average molecular weight is 278 g/mol. The van der Waals surface area contributed by atoms with Crippen LogP contribution < -0.4 is 10.1 Å². The molecule has 0 aromatic heterocycles. The lowest BCUT2D eigenvalue weighted by Crippen LogP contribution is -2.06. The number of ether oxygens (including phenoxy) is 1. The molecule has 2 aromatic carbocycles. The van der Waals surface area contributed by atoms with Gasteiger partial charge in [-0.25, -0.2) is 0 Å². The fraction of sp³-hybridized carbons (Fsp3) is 0.278. The monoisotopic (exact) mass is 278 g/mol. The van der Waals surface area contributed by atoms with E-state index in [1.165, 1.54) is 11.1 Å². The Morgan fingerprint density at radius 3 is 2.81 bits per heavy atom. The third kappa shape index (κ3) is 3.00. The van der Waals surface area contributed by atoms with Gasteiger partial charge in [-0.1, -0.05) is 18.2 Å². The van der Waals surface area contributed by atoms with Crippen LogP contribution >= 0.6 is 0 Å². The Kier molecular flexibility index (Phi) is 3.79. The molecule has 0 saturated carbocycles. The summed E-state index contributed by atoms with van der Waals surface area (Å²) < 4.78 is 5.54. The number of rotatable bonds is 4. The molecular formula is C18H18N2O. The standard InChI is InChI=1S/C18H18N2O/c1-13(15-4-7-18-16(12-15)9-11-21-18)20-17-5-2-14(3-6-17)8-10-19/h2-7,12-13,20H,8-9,11H2,1H3. The lowest BCUT2D eigenvalue weighted by atomic mass is 10.0. The van der Waals surface area contributed by atoms with E-state index in [2.05, 4.69) is 36.5 Å². The van der Waals surface area contributed by atoms with Crippen LogP contribution in [0.25, 0.3) is 0 Å². The van der Waals surface area contributed by atoms with Gasteiger partial charge in [0.1, 0.15) is 5.75 Å². The van der Waals surface area contributed by atoms with Crippen molar-refractivity contribution in [3.63, 3.8) is 0 Å². The molecule has 1 N–H and O–H groups in total. The number of nitriles is 1. The fourth-order valence-corrected chi connectivity index (χ4v) is 2.62. The van der Waals surface area contributed by atoms with Crippen LogP contribution in [0.5, 0.6) is 5.75 Å². The van der Waals surface area contributed by atoms with Crippen LogP contribution in [0, 0.1) is 11.3 Å². The number of hydrogen-bond acceptors (Lipinski definition) is 3. The molecule has 3 nitrogen and oxygen atoms in total. The van der Waals surface area contributed by atoms with Gasteiger partial charge >= 0.3 is 0 Å². The average Bonchev–Trinajstić information content (AvgIpc) is 2.97. The maximum absolute atomic E-state index is 8.68. The molecule has 3 rings (SSSR count). The molecule has 1 atom stereocenters. The van der Waals surface area contributed by atoms with E-state index in [0.717, 1.165) is 30.0 Å². The van der Waals surface area contributed by atoms with Gasteiger partial charge < -0.3 is 10.1 Å². The van der Waals surface area contributed by atoms with Gasteiger partial charge in [0.15, 0.2) is 0 Å². The molecule has 0 saturated heterocycles. The lowest BCUT2D eigenvalue weighted by molar-refractivity contribution is 0.357. The zero-order chi connectivity index (χ0) is 14.7. The predicted molar refractivity (Wildman–Crippen MR) is 83.4 cm³/mol. The van der Waals surface area contributed by atoms with Crippen molar-refractivity contribution in [2.45, 2.75) is 25.8 Å². The molecule has 0 fully saturated rings. The highest BCUT2D eigenvalue weighted by molar-refractivity contribution is 5.48. The lowest BCUT2D eigenvalue weighted by Gasteiger charge is -2.16. The molecular weight excluding hydrogens is 260 g/mol.